The third kappa shape index (κ3) is 2.38. The van der Waals surface area contributed by atoms with Gasteiger partial charge in [-0.1, -0.05) is 25.1 Å². The van der Waals surface area contributed by atoms with Crippen LogP contribution in [0.2, 0.25) is 0 Å². The van der Waals surface area contributed by atoms with Gasteiger partial charge in [0, 0.05) is 5.54 Å². The van der Waals surface area contributed by atoms with Crippen LogP contribution in [0.25, 0.3) is 0 Å². The largest absolute Gasteiger partial charge is 0.305 e. The standard InChI is InChI=1S/C16H22ClNO/c1-10-7-6-8-13-11(2)9-16(4,5)18(14(10)13)15(19)12(3)17/h6-8,11-12H,9H2,1-5H3/t11-,12+/m1/s1. The van der Waals surface area contributed by atoms with E-state index in [1.807, 2.05) is 4.90 Å². The van der Waals surface area contributed by atoms with Crippen LogP contribution < -0.4 is 4.90 Å². The first-order chi connectivity index (χ1) is 8.75. The number of hydrogen-bond acceptors (Lipinski definition) is 1. The smallest absolute Gasteiger partial charge is 0.245 e. The van der Waals surface area contributed by atoms with Crippen molar-refractivity contribution in [3.8, 4) is 0 Å². The Morgan fingerprint density at radius 1 is 1.47 bits per heavy atom. The summed E-state index contributed by atoms with van der Waals surface area (Å²) in [5.41, 5.74) is 3.26. The van der Waals surface area contributed by atoms with Crippen LogP contribution in [0, 0.1) is 6.92 Å². The molecule has 0 saturated carbocycles. The van der Waals surface area contributed by atoms with Gasteiger partial charge in [0.15, 0.2) is 0 Å². The maximum Gasteiger partial charge on any atom is 0.245 e. The predicted octanol–water partition coefficient (Wildman–Crippen LogP) is 4.24. The Morgan fingerprint density at radius 2 is 2.11 bits per heavy atom. The third-order valence-corrected chi connectivity index (χ3v) is 4.18. The summed E-state index contributed by atoms with van der Waals surface area (Å²) in [7, 11) is 0. The SMILES string of the molecule is Cc1cccc2c1N(C(=O)[C@H](C)Cl)C(C)(C)C[C@H]2C. The molecule has 0 fully saturated rings. The molecule has 1 heterocycles. The van der Waals surface area contributed by atoms with Crippen molar-refractivity contribution in [1.29, 1.82) is 0 Å². The normalized spacial score (nSPS) is 22.8. The van der Waals surface area contributed by atoms with Gasteiger partial charge in [0.2, 0.25) is 5.91 Å². The zero-order chi connectivity index (χ0) is 14.4. The lowest BCUT2D eigenvalue weighted by molar-refractivity contribution is -0.119. The number of carbonyl (C=O) groups excluding carboxylic acids is 1. The fraction of sp³-hybridized carbons (Fsp3) is 0.562. The Bertz CT molecular complexity index is 507. The second kappa shape index (κ2) is 4.82. The highest BCUT2D eigenvalue weighted by molar-refractivity contribution is 6.32. The van der Waals surface area contributed by atoms with E-state index in [-0.39, 0.29) is 11.4 Å². The number of alkyl halides is 1. The monoisotopic (exact) mass is 279 g/mol. The maximum absolute atomic E-state index is 12.5. The first-order valence-electron chi connectivity index (χ1n) is 6.83. The van der Waals surface area contributed by atoms with Crippen molar-refractivity contribution in [3.05, 3.63) is 29.3 Å². The molecule has 2 atom stereocenters. The summed E-state index contributed by atoms with van der Waals surface area (Å²) in [5, 5.41) is -0.500. The quantitative estimate of drug-likeness (QED) is 0.704. The first kappa shape index (κ1) is 14.4. The summed E-state index contributed by atoms with van der Waals surface area (Å²) in [6.07, 6.45) is 0.957. The molecule has 0 radical (unpaired) electrons. The Balaban J connectivity index is 2.64. The molecule has 1 aliphatic rings. The summed E-state index contributed by atoms with van der Waals surface area (Å²) in [4.78, 5) is 14.4. The van der Waals surface area contributed by atoms with Gasteiger partial charge < -0.3 is 4.90 Å². The molecule has 1 aliphatic heterocycles. The fourth-order valence-electron chi connectivity index (χ4n) is 3.22. The number of hydrogen-bond donors (Lipinski definition) is 0. The molecule has 0 aliphatic carbocycles. The van der Waals surface area contributed by atoms with E-state index in [0.717, 1.165) is 17.7 Å². The van der Waals surface area contributed by atoms with Crippen molar-refractivity contribution >= 4 is 23.2 Å². The van der Waals surface area contributed by atoms with Gasteiger partial charge in [-0.05, 0) is 51.2 Å². The summed E-state index contributed by atoms with van der Waals surface area (Å²) >= 11 is 6.05. The molecule has 1 aromatic rings. The number of aryl methyl sites for hydroxylation is 1. The van der Waals surface area contributed by atoms with E-state index in [0.29, 0.717) is 5.92 Å². The van der Waals surface area contributed by atoms with E-state index in [9.17, 15) is 4.79 Å². The van der Waals surface area contributed by atoms with E-state index < -0.39 is 5.38 Å². The number of fused-ring (bicyclic) bond motifs is 1. The summed E-state index contributed by atoms with van der Waals surface area (Å²) in [6, 6.07) is 6.25. The van der Waals surface area contributed by atoms with E-state index in [2.05, 4.69) is 45.9 Å². The van der Waals surface area contributed by atoms with Crippen LogP contribution in [0.4, 0.5) is 5.69 Å². The van der Waals surface area contributed by atoms with Crippen LogP contribution >= 0.6 is 11.6 Å². The van der Waals surface area contributed by atoms with Crippen LogP contribution in [0.1, 0.15) is 51.2 Å². The van der Waals surface area contributed by atoms with Crippen LogP contribution in [0.3, 0.4) is 0 Å². The molecule has 104 valence electrons. The van der Waals surface area contributed by atoms with E-state index in [1.54, 1.807) is 6.92 Å². The Labute approximate surface area is 120 Å². The molecule has 3 heteroatoms. The molecule has 1 aromatic carbocycles. The molecule has 0 N–H and O–H groups in total. The second-order valence-corrected chi connectivity index (χ2v) is 6.87. The topological polar surface area (TPSA) is 20.3 Å². The van der Waals surface area contributed by atoms with E-state index in [4.69, 9.17) is 11.6 Å². The average Bonchev–Trinajstić information content (AvgIpc) is 2.29. The lowest BCUT2D eigenvalue weighted by Crippen LogP contribution is -2.54. The van der Waals surface area contributed by atoms with Crippen molar-refractivity contribution in [1.82, 2.24) is 0 Å². The Kier molecular flexibility index (Phi) is 3.65. The summed E-state index contributed by atoms with van der Waals surface area (Å²) in [6.45, 7) is 10.3. The highest BCUT2D eigenvalue weighted by Gasteiger charge is 2.41. The lowest BCUT2D eigenvalue weighted by Gasteiger charge is -2.47. The molecule has 2 nitrogen and oxygen atoms in total. The van der Waals surface area contributed by atoms with Gasteiger partial charge in [-0.15, -0.1) is 11.6 Å². The molecule has 0 saturated heterocycles. The molecule has 0 spiro atoms. The van der Waals surface area contributed by atoms with Gasteiger partial charge in [0.25, 0.3) is 0 Å². The van der Waals surface area contributed by atoms with Crippen LogP contribution in [0.5, 0.6) is 0 Å². The number of benzene rings is 1. The highest BCUT2D eigenvalue weighted by Crippen LogP contribution is 2.45. The zero-order valence-electron chi connectivity index (χ0n) is 12.3. The zero-order valence-corrected chi connectivity index (χ0v) is 13.1. The molecule has 0 bridgehead atoms. The van der Waals surface area contributed by atoms with Crippen LogP contribution in [-0.2, 0) is 4.79 Å². The molecule has 2 rings (SSSR count). The number of halogens is 1. The van der Waals surface area contributed by atoms with Gasteiger partial charge in [-0.2, -0.15) is 0 Å². The van der Waals surface area contributed by atoms with Crippen molar-refractivity contribution in [2.75, 3.05) is 4.90 Å². The van der Waals surface area contributed by atoms with Gasteiger partial charge >= 0.3 is 0 Å². The van der Waals surface area contributed by atoms with Crippen molar-refractivity contribution in [2.24, 2.45) is 0 Å². The lowest BCUT2D eigenvalue weighted by atomic mass is 9.79. The molecule has 0 aromatic heterocycles. The first-order valence-corrected chi connectivity index (χ1v) is 7.27. The predicted molar refractivity (Wildman–Crippen MR) is 81.1 cm³/mol. The number of para-hydroxylation sites is 1. The minimum Gasteiger partial charge on any atom is -0.305 e. The average molecular weight is 280 g/mol. The van der Waals surface area contributed by atoms with Crippen molar-refractivity contribution in [2.45, 2.75) is 57.9 Å². The van der Waals surface area contributed by atoms with Gasteiger partial charge in [-0.25, -0.2) is 0 Å². The molecule has 1 amide bonds. The van der Waals surface area contributed by atoms with Crippen molar-refractivity contribution in [3.63, 3.8) is 0 Å². The van der Waals surface area contributed by atoms with Gasteiger partial charge in [-0.3, -0.25) is 4.79 Å². The molecular formula is C16H22ClNO. The third-order valence-electron chi connectivity index (χ3n) is 4.00. The summed E-state index contributed by atoms with van der Waals surface area (Å²) < 4.78 is 0. The molecule has 19 heavy (non-hydrogen) atoms. The fourth-order valence-corrected chi connectivity index (χ4v) is 3.32. The molecule has 0 unspecified atom stereocenters. The van der Waals surface area contributed by atoms with Gasteiger partial charge in [0.1, 0.15) is 5.38 Å². The van der Waals surface area contributed by atoms with Crippen LogP contribution in [0.15, 0.2) is 18.2 Å². The number of nitrogens with zero attached hydrogens (tertiary/aromatic N) is 1. The number of rotatable bonds is 1. The second-order valence-electron chi connectivity index (χ2n) is 6.22. The highest BCUT2D eigenvalue weighted by atomic mass is 35.5. The maximum atomic E-state index is 12.5. The number of carbonyl (C=O) groups is 1. The van der Waals surface area contributed by atoms with E-state index >= 15 is 0 Å². The Hall–Kier alpha value is -1.02. The van der Waals surface area contributed by atoms with E-state index in [1.165, 1.54) is 5.56 Å². The minimum absolute atomic E-state index is 0.00545. The Morgan fingerprint density at radius 3 is 2.68 bits per heavy atom. The number of anilines is 1. The molecular weight excluding hydrogens is 258 g/mol. The summed E-state index contributed by atoms with van der Waals surface area (Å²) in [5.74, 6) is 0.452. The minimum atomic E-state index is -0.500. The number of amides is 1. The van der Waals surface area contributed by atoms with Gasteiger partial charge in [0.05, 0.1) is 5.69 Å². The van der Waals surface area contributed by atoms with Crippen LogP contribution in [-0.4, -0.2) is 16.8 Å². The van der Waals surface area contributed by atoms with Crippen molar-refractivity contribution < 1.29 is 4.79 Å².